The molecule has 0 aromatic carbocycles. The summed E-state index contributed by atoms with van der Waals surface area (Å²) in [7, 11) is 0. The van der Waals surface area contributed by atoms with Gasteiger partial charge < -0.3 is 0 Å². The summed E-state index contributed by atoms with van der Waals surface area (Å²) in [6, 6.07) is -0.538. The standard InChI is InChI=1S/C14H25N3O2S2/c1-3-4-7-15-12(2)16(8-5-10-20)14(19)17(13(15)18)9-6-11-21/h20-21H,2-11H2,1H3. The maximum atomic E-state index is 12.5. The molecule has 0 radical (unpaired) electrons. The van der Waals surface area contributed by atoms with E-state index >= 15 is 0 Å². The molecule has 1 aliphatic heterocycles. The van der Waals surface area contributed by atoms with Gasteiger partial charge in [0, 0.05) is 19.6 Å². The summed E-state index contributed by atoms with van der Waals surface area (Å²) >= 11 is 8.33. The molecule has 4 amide bonds. The molecular formula is C14H25N3O2S2. The number of carbonyl (C=O) groups excluding carboxylic acids is 2. The summed E-state index contributed by atoms with van der Waals surface area (Å²) in [4.78, 5) is 29.5. The first-order valence-electron chi connectivity index (χ1n) is 7.39. The molecule has 120 valence electrons. The van der Waals surface area contributed by atoms with E-state index in [4.69, 9.17) is 0 Å². The van der Waals surface area contributed by atoms with Gasteiger partial charge in [-0.05, 0) is 30.8 Å². The van der Waals surface area contributed by atoms with Crippen molar-refractivity contribution in [2.75, 3.05) is 31.1 Å². The molecule has 0 saturated carbocycles. The van der Waals surface area contributed by atoms with Crippen LogP contribution in [0.5, 0.6) is 0 Å². The molecule has 21 heavy (non-hydrogen) atoms. The molecule has 0 N–H and O–H groups in total. The van der Waals surface area contributed by atoms with E-state index in [0.717, 1.165) is 19.3 Å². The molecule has 0 atom stereocenters. The van der Waals surface area contributed by atoms with Gasteiger partial charge >= 0.3 is 12.1 Å². The van der Waals surface area contributed by atoms with Crippen LogP contribution in [-0.2, 0) is 0 Å². The van der Waals surface area contributed by atoms with Crippen molar-refractivity contribution in [3.8, 4) is 0 Å². The third-order valence-electron chi connectivity index (χ3n) is 3.36. The van der Waals surface area contributed by atoms with E-state index in [1.54, 1.807) is 9.80 Å². The summed E-state index contributed by atoms with van der Waals surface area (Å²) < 4.78 is 0. The second-order valence-electron chi connectivity index (χ2n) is 4.94. The van der Waals surface area contributed by atoms with Gasteiger partial charge in [0.2, 0.25) is 0 Å². The Labute approximate surface area is 138 Å². The molecule has 1 saturated heterocycles. The fraction of sp³-hybridized carbons (Fsp3) is 0.714. The summed E-state index contributed by atoms with van der Waals surface area (Å²) in [5.74, 6) is 1.82. The Kier molecular flexibility index (Phi) is 8.03. The molecule has 0 unspecified atom stereocenters. The number of carbonyl (C=O) groups is 2. The van der Waals surface area contributed by atoms with Crippen LogP contribution in [0.15, 0.2) is 12.4 Å². The lowest BCUT2D eigenvalue weighted by atomic mass is 10.3. The fourth-order valence-corrected chi connectivity index (χ4v) is 2.44. The lowest BCUT2D eigenvalue weighted by Crippen LogP contribution is -2.59. The molecule has 1 rings (SSSR count). The highest BCUT2D eigenvalue weighted by Gasteiger charge is 2.38. The van der Waals surface area contributed by atoms with Gasteiger partial charge in [-0.2, -0.15) is 25.3 Å². The number of hydrogen-bond acceptors (Lipinski definition) is 4. The van der Waals surface area contributed by atoms with Crippen LogP contribution >= 0.6 is 25.3 Å². The van der Waals surface area contributed by atoms with Gasteiger partial charge in [0.1, 0.15) is 5.82 Å². The highest BCUT2D eigenvalue weighted by Crippen LogP contribution is 2.22. The molecule has 5 nitrogen and oxygen atoms in total. The SMILES string of the molecule is C=C1N(CCCC)C(=O)N(CCCS)C(=O)N1CCCS. The van der Waals surface area contributed by atoms with E-state index in [1.165, 1.54) is 4.90 Å². The van der Waals surface area contributed by atoms with Crippen molar-refractivity contribution >= 4 is 37.3 Å². The maximum absolute atomic E-state index is 12.5. The second-order valence-corrected chi connectivity index (χ2v) is 5.84. The van der Waals surface area contributed by atoms with Gasteiger partial charge in [0.25, 0.3) is 0 Å². The fourth-order valence-electron chi connectivity index (χ4n) is 2.15. The molecule has 0 spiro atoms. The van der Waals surface area contributed by atoms with E-state index in [-0.39, 0.29) is 12.1 Å². The number of rotatable bonds is 9. The summed E-state index contributed by atoms with van der Waals surface area (Å²) in [6.07, 6.45) is 3.33. The van der Waals surface area contributed by atoms with Gasteiger partial charge in [0.05, 0.1) is 0 Å². The smallest absolute Gasteiger partial charge is 0.280 e. The molecule has 0 aliphatic carbocycles. The Hall–Kier alpha value is -0.820. The number of imide groups is 1. The first kappa shape index (κ1) is 18.2. The summed E-state index contributed by atoms with van der Waals surface area (Å²) in [5, 5.41) is 0. The van der Waals surface area contributed by atoms with E-state index < -0.39 is 0 Å². The quantitative estimate of drug-likeness (QED) is 0.638. The number of urea groups is 2. The Morgan fingerprint density at radius 1 is 0.857 bits per heavy atom. The molecule has 1 fully saturated rings. The van der Waals surface area contributed by atoms with Gasteiger partial charge in [-0.1, -0.05) is 19.9 Å². The van der Waals surface area contributed by atoms with Crippen LogP contribution in [-0.4, -0.2) is 57.9 Å². The second kappa shape index (κ2) is 9.25. The van der Waals surface area contributed by atoms with Crippen molar-refractivity contribution < 1.29 is 9.59 Å². The Balaban J connectivity index is 2.90. The normalized spacial score (nSPS) is 16.1. The molecule has 0 aromatic rings. The van der Waals surface area contributed by atoms with Crippen molar-refractivity contribution in [1.82, 2.24) is 14.7 Å². The minimum Gasteiger partial charge on any atom is -0.280 e. The average molecular weight is 332 g/mol. The Bertz CT molecular complexity index is 315. The van der Waals surface area contributed by atoms with Gasteiger partial charge in [-0.3, -0.25) is 9.80 Å². The minimum absolute atomic E-state index is 0.262. The Morgan fingerprint density at radius 2 is 1.29 bits per heavy atom. The molecule has 0 aromatic heterocycles. The maximum Gasteiger partial charge on any atom is 0.333 e. The van der Waals surface area contributed by atoms with Crippen molar-refractivity contribution in [2.45, 2.75) is 32.6 Å². The first-order valence-corrected chi connectivity index (χ1v) is 8.66. The predicted molar refractivity (Wildman–Crippen MR) is 91.9 cm³/mol. The number of unbranched alkanes of at least 4 members (excludes halogenated alkanes) is 1. The van der Waals surface area contributed by atoms with Crippen LogP contribution in [0.3, 0.4) is 0 Å². The van der Waals surface area contributed by atoms with Crippen molar-refractivity contribution in [3.05, 3.63) is 12.4 Å². The Morgan fingerprint density at radius 3 is 1.71 bits per heavy atom. The van der Waals surface area contributed by atoms with Crippen LogP contribution in [0.1, 0.15) is 32.6 Å². The predicted octanol–water partition coefficient (Wildman–Crippen LogP) is 3.06. The van der Waals surface area contributed by atoms with Gasteiger partial charge in [0.15, 0.2) is 0 Å². The van der Waals surface area contributed by atoms with Crippen molar-refractivity contribution in [3.63, 3.8) is 0 Å². The van der Waals surface area contributed by atoms with Crippen molar-refractivity contribution in [2.24, 2.45) is 0 Å². The monoisotopic (exact) mass is 331 g/mol. The van der Waals surface area contributed by atoms with E-state index in [0.29, 0.717) is 43.4 Å². The number of amides is 4. The molecule has 7 heteroatoms. The zero-order valence-electron chi connectivity index (χ0n) is 12.6. The summed E-state index contributed by atoms with van der Waals surface area (Å²) in [6.45, 7) is 7.54. The minimum atomic E-state index is -0.277. The third kappa shape index (κ3) is 4.57. The lowest BCUT2D eigenvalue weighted by Gasteiger charge is -2.42. The van der Waals surface area contributed by atoms with Crippen LogP contribution in [0, 0.1) is 0 Å². The van der Waals surface area contributed by atoms with Gasteiger partial charge in [-0.25, -0.2) is 14.5 Å². The molecule has 0 bridgehead atoms. The largest absolute Gasteiger partial charge is 0.333 e. The lowest BCUT2D eigenvalue weighted by molar-refractivity contribution is 0.109. The number of hydrogen-bond donors (Lipinski definition) is 2. The van der Waals surface area contributed by atoms with Crippen molar-refractivity contribution in [1.29, 1.82) is 0 Å². The van der Waals surface area contributed by atoms with Crippen LogP contribution < -0.4 is 0 Å². The summed E-state index contributed by atoms with van der Waals surface area (Å²) in [5.41, 5.74) is 0. The van der Waals surface area contributed by atoms with E-state index in [2.05, 4.69) is 38.8 Å². The van der Waals surface area contributed by atoms with E-state index in [1.807, 2.05) is 0 Å². The molecule has 1 heterocycles. The molecule has 1 aliphatic rings. The first-order chi connectivity index (χ1) is 10.1. The highest BCUT2D eigenvalue weighted by atomic mass is 32.1. The highest BCUT2D eigenvalue weighted by molar-refractivity contribution is 7.80. The number of thiol groups is 2. The zero-order chi connectivity index (χ0) is 15.8. The topological polar surface area (TPSA) is 43.9 Å². The van der Waals surface area contributed by atoms with Crippen LogP contribution in [0.25, 0.3) is 0 Å². The van der Waals surface area contributed by atoms with Crippen LogP contribution in [0.4, 0.5) is 9.59 Å². The van der Waals surface area contributed by atoms with E-state index in [9.17, 15) is 9.59 Å². The third-order valence-corrected chi connectivity index (χ3v) is 3.99. The average Bonchev–Trinajstić information content (AvgIpc) is 2.47. The van der Waals surface area contributed by atoms with Crippen LogP contribution in [0.2, 0.25) is 0 Å². The van der Waals surface area contributed by atoms with Gasteiger partial charge in [-0.15, -0.1) is 0 Å². The molecular weight excluding hydrogens is 306 g/mol. The number of nitrogens with zero attached hydrogens (tertiary/aromatic N) is 3. The zero-order valence-corrected chi connectivity index (χ0v) is 14.4.